The van der Waals surface area contributed by atoms with Crippen molar-refractivity contribution in [1.29, 1.82) is 0 Å². The van der Waals surface area contributed by atoms with Gasteiger partial charge in [0.15, 0.2) is 0 Å². The maximum atomic E-state index is 15.0. The number of rotatable bonds is 4. The molecule has 1 saturated carbocycles. The van der Waals surface area contributed by atoms with E-state index < -0.39 is 5.67 Å². The van der Waals surface area contributed by atoms with Crippen molar-refractivity contribution in [3.8, 4) is 0 Å². The van der Waals surface area contributed by atoms with E-state index >= 15 is 4.39 Å². The number of nitrogens with one attached hydrogen (secondary N) is 1. The number of hydrogen-bond donors (Lipinski definition) is 1. The van der Waals surface area contributed by atoms with Crippen LogP contribution in [0.1, 0.15) is 63.6 Å². The molecular weight excluding hydrogens is 265 g/mol. The Labute approximate surface area is 127 Å². The minimum Gasteiger partial charge on any atom is -0.316 e. The average Bonchev–Trinajstić information content (AvgIpc) is 2.97. The highest BCUT2D eigenvalue weighted by molar-refractivity contribution is 5.06. The highest BCUT2D eigenvalue weighted by atomic mass is 19.1. The molecule has 0 radical (unpaired) electrons. The van der Waals surface area contributed by atoms with E-state index in [1.165, 1.54) is 32.1 Å². The summed E-state index contributed by atoms with van der Waals surface area (Å²) in [6.45, 7) is 3.59. The maximum absolute atomic E-state index is 15.0. The fourth-order valence-electron chi connectivity index (χ4n) is 3.88. The minimum atomic E-state index is -1.15. The fourth-order valence-corrected chi connectivity index (χ4v) is 3.88. The Kier molecular flexibility index (Phi) is 4.63. The number of hydrogen-bond acceptors (Lipinski definition) is 2. The summed E-state index contributed by atoms with van der Waals surface area (Å²) in [6, 6.07) is 2.55. The van der Waals surface area contributed by atoms with E-state index in [0.29, 0.717) is 12.5 Å². The van der Waals surface area contributed by atoms with Gasteiger partial charge < -0.3 is 5.32 Å². The number of nitrogens with zero attached hydrogens (tertiary/aromatic N) is 2. The van der Waals surface area contributed by atoms with Crippen LogP contribution in [0.5, 0.6) is 0 Å². The van der Waals surface area contributed by atoms with Crippen molar-refractivity contribution in [2.45, 2.75) is 70.0 Å². The third-order valence-corrected chi connectivity index (χ3v) is 5.29. The number of aromatic nitrogens is 2. The monoisotopic (exact) mass is 293 g/mol. The second-order valence-electron chi connectivity index (χ2n) is 7.08. The molecule has 1 N–H and O–H groups in total. The number of alkyl halides is 1. The Morgan fingerprint density at radius 1 is 1.29 bits per heavy atom. The van der Waals surface area contributed by atoms with Gasteiger partial charge >= 0.3 is 0 Å². The molecule has 0 aromatic carbocycles. The lowest BCUT2D eigenvalue weighted by molar-refractivity contribution is 0.0820. The fraction of sp³-hybridized carbons (Fsp3) is 0.824. The van der Waals surface area contributed by atoms with Gasteiger partial charge in [0, 0.05) is 25.1 Å². The van der Waals surface area contributed by atoms with Crippen molar-refractivity contribution >= 4 is 0 Å². The van der Waals surface area contributed by atoms with Crippen molar-refractivity contribution in [3.05, 3.63) is 18.0 Å². The van der Waals surface area contributed by atoms with E-state index in [0.717, 1.165) is 31.6 Å². The van der Waals surface area contributed by atoms with E-state index in [2.05, 4.69) is 21.3 Å². The summed E-state index contributed by atoms with van der Waals surface area (Å²) < 4.78 is 17.1. The van der Waals surface area contributed by atoms with Crippen molar-refractivity contribution in [3.63, 3.8) is 0 Å². The van der Waals surface area contributed by atoms with Crippen LogP contribution in [-0.4, -0.2) is 28.5 Å². The molecule has 1 aliphatic carbocycles. The molecule has 3 nitrogen and oxygen atoms in total. The van der Waals surface area contributed by atoms with E-state index in [9.17, 15) is 0 Å². The van der Waals surface area contributed by atoms with Crippen molar-refractivity contribution in [2.24, 2.45) is 5.92 Å². The first kappa shape index (κ1) is 15.0. The predicted molar refractivity (Wildman–Crippen MR) is 83.2 cm³/mol. The van der Waals surface area contributed by atoms with Gasteiger partial charge in [-0.1, -0.05) is 19.3 Å². The molecule has 4 heteroatoms. The third-order valence-electron chi connectivity index (χ3n) is 5.29. The normalized spacial score (nSPS) is 27.4. The molecule has 0 amide bonds. The van der Waals surface area contributed by atoms with Crippen LogP contribution in [0.15, 0.2) is 12.3 Å². The Balaban J connectivity index is 1.62. The topological polar surface area (TPSA) is 29.9 Å². The molecule has 2 fully saturated rings. The Bertz CT molecular complexity index is 443. The summed E-state index contributed by atoms with van der Waals surface area (Å²) in [5.41, 5.74) is -0.241. The van der Waals surface area contributed by atoms with Gasteiger partial charge in [-0.15, -0.1) is 0 Å². The molecule has 118 valence electrons. The summed E-state index contributed by atoms with van der Waals surface area (Å²) >= 11 is 0. The van der Waals surface area contributed by atoms with Crippen LogP contribution in [-0.2, 0) is 6.42 Å². The van der Waals surface area contributed by atoms with E-state index in [1.807, 2.05) is 6.07 Å². The van der Waals surface area contributed by atoms with Crippen molar-refractivity contribution in [1.82, 2.24) is 15.1 Å². The Morgan fingerprint density at radius 2 is 2.10 bits per heavy atom. The first-order valence-electron chi connectivity index (χ1n) is 8.59. The van der Waals surface area contributed by atoms with Crippen LogP contribution in [0.2, 0.25) is 0 Å². The van der Waals surface area contributed by atoms with Gasteiger partial charge in [0.05, 0.1) is 11.7 Å². The van der Waals surface area contributed by atoms with Crippen LogP contribution in [0.4, 0.5) is 4.39 Å². The SMILES string of the molecule is CC(F)(Cc1ccn(C2CCCCC2)n1)C1CCCNC1. The van der Waals surface area contributed by atoms with Crippen molar-refractivity contribution < 1.29 is 4.39 Å². The second kappa shape index (κ2) is 6.47. The minimum absolute atomic E-state index is 0.117. The van der Waals surface area contributed by atoms with Gasteiger partial charge in [-0.3, -0.25) is 4.68 Å². The summed E-state index contributed by atoms with van der Waals surface area (Å²) in [5.74, 6) is 0.117. The van der Waals surface area contributed by atoms with E-state index in [4.69, 9.17) is 0 Å². The molecule has 1 aromatic heterocycles. The van der Waals surface area contributed by atoms with Crippen LogP contribution in [0, 0.1) is 5.92 Å². The highest BCUT2D eigenvalue weighted by Crippen LogP contribution is 2.32. The molecular formula is C17H28FN3. The third kappa shape index (κ3) is 3.65. The molecule has 2 unspecified atom stereocenters. The molecule has 21 heavy (non-hydrogen) atoms. The lowest BCUT2D eigenvalue weighted by atomic mass is 9.82. The van der Waals surface area contributed by atoms with Crippen LogP contribution in [0.25, 0.3) is 0 Å². The lowest BCUT2D eigenvalue weighted by Gasteiger charge is -2.33. The second-order valence-corrected chi connectivity index (χ2v) is 7.08. The number of piperidine rings is 1. The molecule has 0 bridgehead atoms. The van der Waals surface area contributed by atoms with Crippen LogP contribution >= 0.6 is 0 Å². The van der Waals surface area contributed by atoms with Gasteiger partial charge in [-0.25, -0.2) is 4.39 Å². The van der Waals surface area contributed by atoms with E-state index in [-0.39, 0.29) is 5.92 Å². The zero-order valence-corrected chi connectivity index (χ0v) is 13.2. The summed E-state index contributed by atoms with van der Waals surface area (Å²) in [6.07, 6.45) is 11.0. The van der Waals surface area contributed by atoms with Crippen molar-refractivity contribution in [2.75, 3.05) is 13.1 Å². The molecule has 1 aromatic rings. The van der Waals surface area contributed by atoms with Gasteiger partial charge in [-0.2, -0.15) is 5.10 Å². The Morgan fingerprint density at radius 3 is 2.81 bits per heavy atom. The molecule has 1 aliphatic heterocycles. The molecule has 0 spiro atoms. The first-order chi connectivity index (χ1) is 10.1. The molecule has 1 saturated heterocycles. The number of halogens is 1. The first-order valence-corrected chi connectivity index (χ1v) is 8.59. The molecule has 2 heterocycles. The maximum Gasteiger partial charge on any atom is 0.117 e. The van der Waals surface area contributed by atoms with Gasteiger partial charge in [0.25, 0.3) is 0 Å². The average molecular weight is 293 g/mol. The lowest BCUT2D eigenvalue weighted by Crippen LogP contribution is -2.42. The van der Waals surface area contributed by atoms with Gasteiger partial charge in [0.1, 0.15) is 5.67 Å². The predicted octanol–water partition coefficient (Wildman–Crippen LogP) is 3.66. The van der Waals surface area contributed by atoms with E-state index in [1.54, 1.807) is 6.92 Å². The summed E-state index contributed by atoms with van der Waals surface area (Å²) in [4.78, 5) is 0. The smallest absolute Gasteiger partial charge is 0.117 e. The standard InChI is InChI=1S/C17H28FN3/c1-17(18,14-6-5-10-19-13-14)12-15-9-11-21(20-15)16-7-3-2-4-8-16/h9,11,14,16,19H,2-8,10,12-13H2,1H3. The summed E-state index contributed by atoms with van der Waals surface area (Å²) in [7, 11) is 0. The molecule has 2 atom stereocenters. The summed E-state index contributed by atoms with van der Waals surface area (Å²) in [5, 5.41) is 7.99. The molecule has 2 aliphatic rings. The quantitative estimate of drug-likeness (QED) is 0.918. The van der Waals surface area contributed by atoms with Crippen LogP contribution in [0.3, 0.4) is 0 Å². The molecule has 3 rings (SSSR count). The zero-order valence-electron chi connectivity index (χ0n) is 13.2. The largest absolute Gasteiger partial charge is 0.316 e. The van der Waals surface area contributed by atoms with Gasteiger partial charge in [-0.05, 0) is 45.2 Å². The van der Waals surface area contributed by atoms with Gasteiger partial charge in [0.2, 0.25) is 0 Å². The highest BCUT2D eigenvalue weighted by Gasteiger charge is 2.35. The Hall–Kier alpha value is -0.900. The zero-order chi connectivity index (χ0) is 14.7. The van der Waals surface area contributed by atoms with Crippen LogP contribution < -0.4 is 5.32 Å².